The van der Waals surface area contributed by atoms with Crippen molar-refractivity contribution in [2.24, 2.45) is 0 Å². The molecule has 1 unspecified atom stereocenters. The molecule has 1 aromatic carbocycles. The first-order valence-electron chi connectivity index (χ1n) is 5.82. The lowest BCUT2D eigenvalue weighted by atomic mass is 10.1. The third kappa shape index (κ3) is 2.44. The second-order valence-electron chi connectivity index (χ2n) is 4.55. The van der Waals surface area contributed by atoms with Crippen LogP contribution in [-0.4, -0.2) is 21.2 Å². The van der Waals surface area contributed by atoms with Crippen LogP contribution in [-0.2, 0) is 0 Å². The molecule has 1 aliphatic rings. The molecular formula is C14H18OSi. The van der Waals surface area contributed by atoms with Gasteiger partial charge in [0, 0.05) is 0 Å². The van der Waals surface area contributed by atoms with Gasteiger partial charge in [-0.1, -0.05) is 29.5 Å². The van der Waals surface area contributed by atoms with Gasteiger partial charge in [-0.15, -0.1) is 0 Å². The quantitative estimate of drug-likeness (QED) is 0.623. The fraction of sp³-hybridized carbons (Fsp3) is 0.429. The molecule has 2 rings (SSSR count). The molecule has 1 aromatic rings. The lowest BCUT2D eigenvalue weighted by molar-refractivity contribution is 0.328. The van der Waals surface area contributed by atoms with Crippen molar-refractivity contribution < 1.29 is 5.11 Å². The molecule has 0 saturated carbocycles. The van der Waals surface area contributed by atoms with Crippen LogP contribution in [0, 0.1) is 13.8 Å². The zero-order valence-corrected chi connectivity index (χ0v) is 11.0. The van der Waals surface area contributed by atoms with Gasteiger partial charge in [0.1, 0.15) is 0 Å². The van der Waals surface area contributed by atoms with Gasteiger partial charge in [-0.2, -0.15) is 0 Å². The number of aliphatic hydroxyl groups excluding tert-OH is 1. The van der Waals surface area contributed by atoms with E-state index >= 15 is 0 Å². The summed E-state index contributed by atoms with van der Waals surface area (Å²) in [5.41, 5.74) is 4.78. The molecule has 16 heavy (non-hydrogen) atoms. The van der Waals surface area contributed by atoms with E-state index in [9.17, 15) is 0 Å². The van der Waals surface area contributed by atoms with Gasteiger partial charge in [0.2, 0.25) is 0 Å². The summed E-state index contributed by atoms with van der Waals surface area (Å²) in [5, 5.41) is 10.6. The summed E-state index contributed by atoms with van der Waals surface area (Å²) in [6.45, 7) is 4.64. The summed E-state index contributed by atoms with van der Waals surface area (Å²) < 4.78 is 0. The van der Waals surface area contributed by atoms with Crippen LogP contribution in [0.5, 0.6) is 0 Å². The van der Waals surface area contributed by atoms with Crippen LogP contribution in [0.2, 0.25) is 5.54 Å². The topological polar surface area (TPSA) is 20.2 Å². The Morgan fingerprint density at radius 1 is 1.38 bits per heavy atom. The minimum absolute atomic E-state index is 0.244. The van der Waals surface area contributed by atoms with E-state index in [4.69, 9.17) is 5.11 Å². The van der Waals surface area contributed by atoms with Crippen LogP contribution < -0.4 is 5.19 Å². The number of rotatable bonds is 3. The van der Waals surface area contributed by atoms with Gasteiger partial charge in [-0.25, -0.2) is 0 Å². The maximum absolute atomic E-state index is 9.08. The number of aliphatic hydroxyl groups is 1. The number of hydrogen-bond donors (Lipinski definition) is 1. The van der Waals surface area contributed by atoms with Crippen molar-refractivity contribution >= 4 is 14.7 Å². The van der Waals surface area contributed by atoms with Crippen molar-refractivity contribution in [2.75, 3.05) is 6.61 Å². The van der Waals surface area contributed by atoms with Gasteiger partial charge in [-0.05, 0) is 48.9 Å². The summed E-state index contributed by atoms with van der Waals surface area (Å²) in [6.07, 6.45) is 4.44. The molecular weight excluding hydrogens is 212 g/mol. The molecule has 0 fully saturated rings. The molecule has 0 amide bonds. The Balaban J connectivity index is 2.03. The van der Waals surface area contributed by atoms with Crippen LogP contribution >= 0.6 is 0 Å². The van der Waals surface area contributed by atoms with E-state index in [-0.39, 0.29) is 6.61 Å². The summed E-state index contributed by atoms with van der Waals surface area (Å²) >= 11 is 0. The van der Waals surface area contributed by atoms with Crippen LogP contribution in [0.1, 0.15) is 24.0 Å². The van der Waals surface area contributed by atoms with Gasteiger partial charge >= 0.3 is 0 Å². The van der Waals surface area contributed by atoms with Crippen molar-refractivity contribution in [1.82, 2.24) is 0 Å². The summed E-state index contributed by atoms with van der Waals surface area (Å²) in [4.78, 5) is 0. The third-order valence-corrected chi connectivity index (χ3v) is 5.07. The standard InChI is InChI=1S/C14H18OSi/c1-10-4-3-5-14(11(10)2)16-13-7-6-12(8-13)9-15/h3-6,13,15H,7-9H2,1-2H3. The predicted octanol–water partition coefficient (Wildman–Crippen LogP) is 2.13. The Bertz CT molecular complexity index is 409. The van der Waals surface area contributed by atoms with Crippen LogP contribution in [0.3, 0.4) is 0 Å². The molecule has 1 atom stereocenters. The molecule has 1 N–H and O–H groups in total. The fourth-order valence-corrected chi connectivity index (χ4v) is 3.80. The Hall–Kier alpha value is -0.863. The van der Waals surface area contributed by atoms with E-state index in [1.807, 2.05) is 0 Å². The molecule has 0 aliphatic heterocycles. The molecule has 0 aromatic heterocycles. The van der Waals surface area contributed by atoms with Crippen molar-refractivity contribution in [2.45, 2.75) is 32.2 Å². The highest BCUT2D eigenvalue weighted by molar-refractivity contribution is 6.55. The normalized spacial score (nSPS) is 19.9. The highest BCUT2D eigenvalue weighted by Crippen LogP contribution is 2.28. The van der Waals surface area contributed by atoms with Crippen LogP contribution in [0.4, 0.5) is 0 Å². The highest BCUT2D eigenvalue weighted by atomic mass is 28.2. The van der Waals surface area contributed by atoms with Gasteiger partial charge in [0.15, 0.2) is 0 Å². The first-order chi connectivity index (χ1) is 7.70. The minimum Gasteiger partial charge on any atom is -0.392 e. The number of benzene rings is 1. The molecule has 0 saturated heterocycles. The number of allylic oxidation sites excluding steroid dienone is 1. The summed E-state index contributed by atoms with van der Waals surface area (Å²) in [5.74, 6) is 0. The maximum atomic E-state index is 9.08. The SMILES string of the molecule is Cc1cccc([Si]C2CC=C(CO)C2)c1C. The first kappa shape index (κ1) is 11.6. The largest absolute Gasteiger partial charge is 0.392 e. The van der Waals surface area contributed by atoms with Gasteiger partial charge in [-0.3, -0.25) is 0 Å². The Kier molecular flexibility index (Phi) is 3.61. The van der Waals surface area contributed by atoms with Crippen LogP contribution in [0.15, 0.2) is 29.8 Å². The second kappa shape index (κ2) is 4.98. The smallest absolute Gasteiger partial charge is 0.0852 e. The van der Waals surface area contributed by atoms with E-state index in [0.29, 0.717) is 0 Å². The van der Waals surface area contributed by atoms with E-state index in [2.05, 4.69) is 38.1 Å². The zero-order chi connectivity index (χ0) is 11.5. The number of aryl methyl sites for hydroxylation is 1. The molecule has 0 spiro atoms. The molecule has 0 heterocycles. The average molecular weight is 230 g/mol. The highest BCUT2D eigenvalue weighted by Gasteiger charge is 2.18. The molecule has 1 nitrogen and oxygen atoms in total. The van der Waals surface area contributed by atoms with Crippen molar-refractivity contribution in [3.63, 3.8) is 0 Å². The molecule has 2 heteroatoms. The Morgan fingerprint density at radius 2 is 2.19 bits per heavy atom. The molecule has 84 valence electrons. The average Bonchev–Trinajstić information content (AvgIpc) is 2.73. The summed E-state index contributed by atoms with van der Waals surface area (Å²) in [7, 11) is 0.879. The molecule has 1 aliphatic carbocycles. The number of hydrogen-bond acceptors (Lipinski definition) is 1. The monoisotopic (exact) mass is 230 g/mol. The van der Waals surface area contributed by atoms with Crippen LogP contribution in [0.25, 0.3) is 0 Å². The molecule has 0 bridgehead atoms. The van der Waals surface area contributed by atoms with Crippen molar-refractivity contribution in [3.05, 3.63) is 41.0 Å². The van der Waals surface area contributed by atoms with Gasteiger partial charge in [0.05, 0.1) is 16.1 Å². The predicted molar refractivity (Wildman–Crippen MR) is 69.5 cm³/mol. The van der Waals surface area contributed by atoms with Gasteiger partial charge < -0.3 is 5.11 Å². The maximum Gasteiger partial charge on any atom is 0.0852 e. The third-order valence-electron chi connectivity index (χ3n) is 3.37. The van der Waals surface area contributed by atoms with Crippen molar-refractivity contribution in [1.29, 1.82) is 0 Å². The molecule has 2 radical (unpaired) electrons. The van der Waals surface area contributed by atoms with Gasteiger partial charge in [0.25, 0.3) is 0 Å². The first-order valence-corrected chi connectivity index (χ1v) is 6.90. The lowest BCUT2D eigenvalue weighted by Crippen LogP contribution is -2.22. The second-order valence-corrected chi connectivity index (χ2v) is 6.19. The Labute approximate surface area is 100 Å². The Morgan fingerprint density at radius 3 is 2.88 bits per heavy atom. The van der Waals surface area contributed by atoms with E-state index < -0.39 is 0 Å². The zero-order valence-electron chi connectivity index (χ0n) is 9.96. The van der Waals surface area contributed by atoms with E-state index in [0.717, 1.165) is 27.9 Å². The summed E-state index contributed by atoms with van der Waals surface area (Å²) in [6, 6.07) is 6.58. The van der Waals surface area contributed by atoms with Crippen molar-refractivity contribution in [3.8, 4) is 0 Å². The minimum atomic E-state index is 0.244. The fourth-order valence-electron chi connectivity index (χ4n) is 2.16. The van der Waals surface area contributed by atoms with E-state index in [1.54, 1.807) is 0 Å². The lowest BCUT2D eigenvalue weighted by Gasteiger charge is -2.12. The van der Waals surface area contributed by atoms with E-state index in [1.165, 1.54) is 21.9 Å².